The smallest absolute Gasteiger partial charge is 0.157 e. The van der Waals surface area contributed by atoms with Crippen LogP contribution >= 0.6 is 0 Å². The summed E-state index contributed by atoms with van der Waals surface area (Å²) in [7, 11) is 0. The van der Waals surface area contributed by atoms with Crippen LogP contribution in [-0.2, 0) is 9.47 Å². The van der Waals surface area contributed by atoms with Crippen LogP contribution in [0.25, 0.3) is 17.3 Å². The van der Waals surface area contributed by atoms with Crippen molar-refractivity contribution in [3.8, 4) is 11.3 Å². The van der Waals surface area contributed by atoms with Gasteiger partial charge in [-0.2, -0.15) is 0 Å². The van der Waals surface area contributed by atoms with Gasteiger partial charge in [0.2, 0.25) is 0 Å². The number of allylic oxidation sites excluding steroid dienone is 1. The molecule has 0 atom stereocenters. The molecule has 0 unspecified atom stereocenters. The molecule has 0 N–H and O–H groups in total. The van der Waals surface area contributed by atoms with Crippen molar-refractivity contribution in [2.45, 2.75) is 25.6 Å². The standard InChI is InChI=1S/C19H21NO2/c1(3-11-19-21-13-14-22-19)2-7-16-8-6-9-17(15-16)18-10-4-5-12-20-18/h2,4-10,12,15,19H,1,3,11,13-14H2. The first-order chi connectivity index (χ1) is 10.9. The fraction of sp³-hybridized carbons (Fsp3) is 0.316. The maximum Gasteiger partial charge on any atom is 0.157 e. The lowest BCUT2D eigenvalue weighted by Crippen LogP contribution is -2.06. The average Bonchev–Trinajstić information content (AvgIpc) is 3.09. The third-order valence-electron chi connectivity index (χ3n) is 3.66. The molecule has 3 heteroatoms. The van der Waals surface area contributed by atoms with E-state index in [1.807, 2.05) is 24.4 Å². The minimum absolute atomic E-state index is 0.0147. The number of hydrogen-bond donors (Lipinski definition) is 0. The van der Waals surface area contributed by atoms with Gasteiger partial charge in [0.05, 0.1) is 18.9 Å². The topological polar surface area (TPSA) is 31.4 Å². The number of nitrogens with zero attached hydrogens (tertiary/aromatic N) is 1. The molecule has 1 aliphatic rings. The van der Waals surface area contributed by atoms with Gasteiger partial charge in [0.15, 0.2) is 6.29 Å². The lowest BCUT2D eigenvalue weighted by atomic mass is 10.1. The number of aromatic nitrogens is 1. The first-order valence-electron chi connectivity index (χ1n) is 7.83. The van der Waals surface area contributed by atoms with Gasteiger partial charge in [-0.15, -0.1) is 0 Å². The van der Waals surface area contributed by atoms with E-state index in [9.17, 15) is 0 Å². The Morgan fingerprint density at radius 3 is 2.82 bits per heavy atom. The van der Waals surface area contributed by atoms with E-state index in [-0.39, 0.29) is 6.29 Å². The second-order valence-corrected chi connectivity index (χ2v) is 5.34. The van der Waals surface area contributed by atoms with Crippen LogP contribution in [0.1, 0.15) is 24.8 Å². The molecule has 1 aliphatic heterocycles. The quantitative estimate of drug-likeness (QED) is 0.744. The molecule has 1 aromatic carbocycles. The molecule has 1 aromatic heterocycles. The molecule has 3 nitrogen and oxygen atoms in total. The molecule has 3 rings (SSSR count). The van der Waals surface area contributed by atoms with E-state index in [1.165, 1.54) is 5.56 Å². The zero-order valence-electron chi connectivity index (χ0n) is 12.7. The lowest BCUT2D eigenvalue weighted by molar-refractivity contribution is -0.0474. The lowest BCUT2D eigenvalue weighted by Gasteiger charge is -2.06. The van der Waals surface area contributed by atoms with E-state index in [4.69, 9.17) is 9.47 Å². The van der Waals surface area contributed by atoms with E-state index in [1.54, 1.807) is 0 Å². The average molecular weight is 295 g/mol. The summed E-state index contributed by atoms with van der Waals surface area (Å²) >= 11 is 0. The van der Waals surface area contributed by atoms with Crippen LogP contribution in [0.4, 0.5) is 0 Å². The van der Waals surface area contributed by atoms with Gasteiger partial charge in [0.1, 0.15) is 0 Å². The van der Waals surface area contributed by atoms with Crippen LogP contribution in [0.3, 0.4) is 0 Å². The zero-order valence-corrected chi connectivity index (χ0v) is 12.7. The number of unbranched alkanes of at least 4 members (excludes halogenated alkanes) is 1. The summed E-state index contributed by atoms with van der Waals surface area (Å²) in [6, 6.07) is 14.4. The zero-order chi connectivity index (χ0) is 15.0. The summed E-state index contributed by atoms with van der Waals surface area (Å²) in [6.07, 6.45) is 9.32. The number of ether oxygens (including phenoxy) is 2. The maximum absolute atomic E-state index is 5.43. The Labute approximate surface area is 131 Å². The first-order valence-corrected chi connectivity index (χ1v) is 7.83. The summed E-state index contributed by atoms with van der Waals surface area (Å²) in [5.41, 5.74) is 3.36. The van der Waals surface area contributed by atoms with E-state index < -0.39 is 0 Å². The van der Waals surface area contributed by atoms with Crippen LogP contribution in [0.2, 0.25) is 0 Å². The number of hydrogen-bond acceptors (Lipinski definition) is 3. The summed E-state index contributed by atoms with van der Waals surface area (Å²) < 4.78 is 10.9. The number of pyridine rings is 1. The molecule has 1 fully saturated rings. The fourth-order valence-corrected chi connectivity index (χ4v) is 2.53. The summed E-state index contributed by atoms with van der Waals surface area (Å²) in [5, 5.41) is 0. The second-order valence-electron chi connectivity index (χ2n) is 5.34. The minimum atomic E-state index is 0.0147. The second kappa shape index (κ2) is 7.87. The van der Waals surface area contributed by atoms with Crippen molar-refractivity contribution in [2.24, 2.45) is 0 Å². The monoisotopic (exact) mass is 295 g/mol. The van der Waals surface area contributed by atoms with E-state index in [0.29, 0.717) is 0 Å². The Morgan fingerprint density at radius 1 is 1.09 bits per heavy atom. The molecule has 1 saturated heterocycles. The minimum Gasteiger partial charge on any atom is -0.350 e. The molecule has 2 heterocycles. The highest BCUT2D eigenvalue weighted by Crippen LogP contribution is 2.19. The van der Waals surface area contributed by atoms with Gasteiger partial charge >= 0.3 is 0 Å². The van der Waals surface area contributed by atoms with E-state index >= 15 is 0 Å². The molecule has 0 saturated carbocycles. The van der Waals surface area contributed by atoms with Crippen molar-refractivity contribution in [1.82, 2.24) is 4.98 Å². The van der Waals surface area contributed by atoms with Gasteiger partial charge in [-0.1, -0.05) is 36.4 Å². The molecule has 0 bridgehead atoms. The predicted octanol–water partition coefficient (Wildman–Crippen LogP) is 4.31. The molecule has 0 radical (unpaired) electrons. The SMILES string of the molecule is C(=Cc1cccc(-c2ccccn2)c1)CCCC1OCCO1. The molecule has 114 valence electrons. The number of benzene rings is 1. The van der Waals surface area contributed by atoms with Crippen LogP contribution < -0.4 is 0 Å². The Bertz CT molecular complexity index is 604. The highest BCUT2D eigenvalue weighted by molar-refractivity contribution is 5.64. The van der Waals surface area contributed by atoms with Gasteiger partial charge in [-0.05, 0) is 43.0 Å². The summed E-state index contributed by atoms with van der Waals surface area (Å²) in [5.74, 6) is 0. The van der Waals surface area contributed by atoms with Crippen LogP contribution in [0.15, 0.2) is 54.7 Å². The van der Waals surface area contributed by atoms with Gasteiger partial charge in [-0.3, -0.25) is 4.98 Å². The van der Waals surface area contributed by atoms with E-state index in [0.717, 1.165) is 43.7 Å². The third kappa shape index (κ3) is 4.26. The Morgan fingerprint density at radius 2 is 2.00 bits per heavy atom. The fourth-order valence-electron chi connectivity index (χ4n) is 2.53. The molecular weight excluding hydrogens is 274 g/mol. The van der Waals surface area contributed by atoms with Gasteiger partial charge < -0.3 is 9.47 Å². The third-order valence-corrected chi connectivity index (χ3v) is 3.66. The van der Waals surface area contributed by atoms with Crippen molar-refractivity contribution in [3.05, 3.63) is 60.3 Å². The molecule has 0 spiro atoms. The van der Waals surface area contributed by atoms with Crippen LogP contribution in [0, 0.1) is 0 Å². The highest BCUT2D eigenvalue weighted by Gasteiger charge is 2.14. The molecule has 22 heavy (non-hydrogen) atoms. The molecular formula is C19H21NO2. The molecule has 0 amide bonds. The number of rotatable bonds is 6. The Hall–Kier alpha value is -1.97. The maximum atomic E-state index is 5.43. The summed E-state index contributed by atoms with van der Waals surface area (Å²) in [6.45, 7) is 1.47. The molecule has 0 aliphatic carbocycles. The van der Waals surface area contributed by atoms with Crippen LogP contribution in [0.5, 0.6) is 0 Å². The van der Waals surface area contributed by atoms with Crippen molar-refractivity contribution in [1.29, 1.82) is 0 Å². The Balaban J connectivity index is 1.52. The van der Waals surface area contributed by atoms with Crippen LogP contribution in [-0.4, -0.2) is 24.5 Å². The Kier molecular flexibility index (Phi) is 5.35. The van der Waals surface area contributed by atoms with Gasteiger partial charge in [0.25, 0.3) is 0 Å². The van der Waals surface area contributed by atoms with Gasteiger partial charge in [-0.25, -0.2) is 0 Å². The predicted molar refractivity (Wildman–Crippen MR) is 88.3 cm³/mol. The van der Waals surface area contributed by atoms with Crippen molar-refractivity contribution >= 4 is 6.08 Å². The van der Waals surface area contributed by atoms with Crippen molar-refractivity contribution in [3.63, 3.8) is 0 Å². The van der Waals surface area contributed by atoms with Crippen molar-refractivity contribution < 1.29 is 9.47 Å². The molecule has 2 aromatic rings. The van der Waals surface area contributed by atoms with Gasteiger partial charge in [0, 0.05) is 11.8 Å². The van der Waals surface area contributed by atoms with E-state index in [2.05, 4.69) is 41.4 Å². The summed E-state index contributed by atoms with van der Waals surface area (Å²) in [4.78, 5) is 4.39. The van der Waals surface area contributed by atoms with Crippen molar-refractivity contribution in [2.75, 3.05) is 13.2 Å². The first kappa shape index (κ1) is 14.9. The normalized spacial score (nSPS) is 15.6. The largest absolute Gasteiger partial charge is 0.350 e. The highest BCUT2D eigenvalue weighted by atomic mass is 16.7.